The van der Waals surface area contributed by atoms with E-state index in [1.807, 2.05) is 24.3 Å². The zero-order valence-corrected chi connectivity index (χ0v) is 17.4. The molecule has 1 atom stereocenters. The second-order valence-corrected chi connectivity index (χ2v) is 8.35. The van der Waals surface area contributed by atoms with Gasteiger partial charge in [0.15, 0.2) is 0 Å². The van der Waals surface area contributed by atoms with Crippen LogP contribution in [0, 0.1) is 11.7 Å². The van der Waals surface area contributed by atoms with Crippen LogP contribution in [0.3, 0.4) is 0 Å². The largest absolute Gasteiger partial charge is 0.341 e. The molecule has 1 fully saturated rings. The fourth-order valence-corrected chi connectivity index (χ4v) is 4.49. The van der Waals surface area contributed by atoms with Crippen LogP contribution in [0.4, 0.5) is 4.39 Å². The number of benzene rings is 2. The standard InChI is InChI=1S/C22H25Cl2FN2O/c1-27(14-15-10-18(23)12-19(24)11-15)22(28)13-21(17-6-8-26-9-7-17)16-2-4-20(25)5-3-16/h2-5,10-12,17,21,26H,6-9,13-14H2,1H3/t21-/m1/s1. The summed E-state index contributed by atoms with van der Waals surface area (Å²) in [6, 6.07) is 11.9. The Morgan fingerprint density at radius 2 is 1.75 bits per heavy atom. The molecule has 1 heterocycles. The molecule has 6 heteroatoms. The highest BCUT2D eigenvalue weighted by molar-refractivity contribution is 6.34. The van der Waals surface area contributed by atoms with Crippen molar-refractivity contribution in [3.05, 3.63) is 69.5 Å². The Balaban J connectivity index is 1.73. The number of nitrogens with one attached hydrogen (secondary N) is 1. The second kappa shape index (κ2) is 9.73. The smallest absolute Gasteiger partial charge is 0.223 e. The van der Waals surface area contributed by atoms with E-state index in [2.05, 4.69) is 5.32 Å². The number of hydrogen-bond donors (Lipinski definition) is 1. The number of piperidine rings is 1. The first kappa shape index (κ1) is 21.1. The normalized spacial score (nSPS) is 16.0. The van der Waals surface area contributed by atoms with E-state index in [-0.39, 0.29) is 17.6 Å². The minimum Gasteiger partial charge on any atom is -0.341 e. The highest BCUT2D eigenvalue weighted by Crippen LogP contribution is 2.34. The predicted octanol–water partition coefficient (Wildman–Crippen LogP) is 5.26. The summed E-state index contributed by atoms with van der Waals surface area (Å²) in [5.41, 5.74) is 1.93. The molecule has 0 radical (unpaired) electrons. The lowest BCUT2D eigenvalue weighted by atomic mass is 9.78. The number of carbonyl (C=O) groups is 1. The van der Waals surface area contributed by atoms with Gasteiger partial charge in [0.05, 0.1) is 0 Å². The summed E-state index contributed by atoms with van der Waals surface area (Å²) in [5, 5.41) is 4.48. The molecule has 1 aliphatic rings. The molecule has 1 saturated heterocycles. The van der Waals surface area contributed by atoms with Crippen molar-refractivity contribution >= 4 is 29.1 Å². The quantitative estimate of drug-likeness (QED) is 0.687. The molecular weight excluding hydrogens is 398 g/mol. The highest BCUT2D eigenvalue weighted by atomic mass is 35.5. The Kier molecular flexibility index (Phi) is 7.33. The van der Waals surface area contributed by atoms with Gasteiger partial charge in [-0.15, -0.1) is 0 Å². The van der Waals surface area contributed by atoms with Crippen LogP contribution in [0.25, 0.3) is 0 Å². The molecule has 0 saturated carbocycles. The maximum absolute atomic E-state index is 13.4. The van der Waals surface area contributed by atoms with E-state index in [0.717, 1.165) is 37.1 Å². The molecule has 1 amide bonds. The summed E-state index contributed by atoms with van der Waals surface area (Å²) < 4.78 is 13.4. The van der Waals surface area contributed by atoms with E-state index in [4.69, 9.17) is 23.2 Å². The van der Waals surface area contributed by atoms with Crippen LogP contribution >= 0.6 is 23.2 Å². The van der Waals surface area contributed by atoms with Crippen molar-refractivity contribution in [1.82, 2.24) is 10.2 Å². The molecule has 150 valence electrons. The lowest BCUT2D eigenvalue weighted by Crippen LogP contribution is -2.34. The zero-order chi connectivity index (χ0) is 20.1. The fraction of sp³-hybridized carbons (Fsp3) is 0.409. The Morgan fingerprint density at radius 1 is 1.14 bits per heavy atom. The van der Waals surface area contributed by atoms with Gasteiger partial charge in [0.1, 0.15) is 5.82 Å². The van der Waals surface area contributed by atoms with Gasteiger partial charge in [0, 0.05) is 30.1 Å². The summed E-state index contributed by atoms with van der Waals surface area (Å²) in [5.74, 6) is 0.295. The van der Waals surface area contributed by atoms with Crippen molar-refractivity contribution in [2.45, 2.75) is 31.7 Å². The second-order valence-electron chi connectivity index (χ2n) is 7.48. The Labute approximate surface area is 175 Å². The van der Waals surface area contributed by atoms with Crippen LogP contribution < -0.4 is 5.32 Å². The molecule has 0 unspecified atom stereocenters. The highest BCUT2D eigenvalue weighted by Gasteiger charge is 2.28. The number of hydrogen-bond acceptors (Lipinski definition) is 2. The van der Waals surface area contributed by atoms with Crippen LogP contribution in [-0.4, -0.2) is 30.9 Å². The van der Waals surface area contributed by atoms with E-state index in [1.54, 1.807) is 18.0 Å². The summed E-state index contributed by atoms with van der Waals surface area (Å²) in [7, 11) is 1.79. The molecule has 0 spiro atoms. The molecule has 0 aromatic heterocycles. The first-order chi connectivity index (χ1) is 13.4. The lowest BCUT2D eigenvalue weighted by Gasteiger charge is -2.32. The maximum Gasteiger partial charge on any atom is 0.223 e. The molecule has 2 aromatic rings. The predicted molar refractivity (Wildman–Crippen MR) is 112 cm³/mol. The van der Waals surface area contributed by atoms with Crippen LogP contribution in [0.15, 0.2) is 42.5 Å². The SMILES string of the molecule is CN(Cc1cc(Cl)cc(Cl)c1)C(=O)C[C@H](c1ccc(F)cc1)C1CCNCC1. The Hall–Kier alpha value is -1.62. The number of amides is 1. The molecule has 0 aliphatic carbocycles. The molecule has 1 N–H and O–H groups in total. The van der Waals surface area contributed by atoms with Crippen molar-refractivity contribution in [2.75, 3.05) is 20.1 Å². The van der Waals surface area contributed by atoms with Gasteiger partial charge >= 0.3 is 0 Å². The van der Waals surface area contributed by atoms with Crippen molar-refractivity contribution in [2.24, 2.45) is 5.92 Å². The van der Waals surface area contributed by atoms with Gasteiger partial charge in [0.2, 0.25) is 5.91 Å². The number of halogens is 3. The topological polar surface area (TPSA) is 32.3 Å². The van der Waals surface area contributed by atoms with Gasteiger partial charge in [-0.3, -0.25) is 4.79 Å². The van der Waals surface area contributed by atoms with E-state index in [9.17, 15) is 9.18 Å². The molecule has 2 aromatic carbocycles. The Bertz CT molecular complexity index is 786. The monoisotopic (exact) mass is 422 g/mol. The first-order valence-electron chi connectivity index (χ1n) is 9.57. The van der Waals surface area contributed by atoms with Gasteiger partial charge in [-0.2, -0.15) is 0 Å². The van der Waals surface area contributed by atoms with Gasteiger partial charge in [-0.05, 0) is 79.2 Å². The molecule has 0 bridgehead atoms. The Morgan fingerprint density at radius 3 is 2.36 bits per heavy atom. The van der Waals surface area contributed by atoms with Crippen LogP contribution in [0.1, 0.15) is 36.3 Å². The first-order valence-corrected chi connectivity index (χ1v) is 10.3. The van der Waals surface area contributed by atoms with Crippen molar-refractivity contribution in [3.63, 3.8) is 0 Å². The van der Waals surface area contributed by atoms with E-state index in [1.165, 1.54) is 12.1 Å². The van der Waals surface area contributed by atoms with E-state index < -0.39 is 0 Å². The molecule has 3 rings (SSSR count). The lowest BCUT2D eigenvalue weighted by molar-refractivity contribution is -0.131. The number of rotatable bonds is 6. The van der Waals surface area contributed by atoms with E-state index in [0.29, 0.717) is 28.9 Å². The molecular formula is C22H25Cl2FN2O. The van der Waals surface area contributed by atoms with Gasteiger partial charge in [-0.1, -0.05) is 35.3 Å². The van der Waals surface area contributed by atoms with Crippen molar-refractivity contribution < 1.29 is 9.18 Å². The minimum absolute atomic E-state index is 0.0592. The zero-order valence-electron chi connectivity index (χ0n) is 15.9. The van der Waals surface area contributed by atoms with Gasteiger partial charge in [-0.25, -0.2) is 4.39 Å². The van der Waals surface area contributed by atoms with E-state index >= 15 is 0 Å². The minimum atomic E-state index is -0.255. The third kappa shape index (κ3) is 5.69. The van der Waals surface area contributed by atoms with Crippen molar-refractivity contribution in [1.29, 1.82) is 0 Å². The summed E-state index contributed by atoms with van der Waals surface area (Å²) >= 11 is 12.1. The van der Waals surface area contributed by atoms with Gasteiger partial charge in [0.25, 0.3) is 0 Å². The van der Waals surface area contributed by atoms with Gasteiger partial charge < -0.3 is 10.2 Å². The third-order valence-corrected chi connectivity index (χ3v) is 5.85. The maximum atomic E-state index is 13.4. The van der Waals surface area contributed by atoms with Crippen molar-refractivity contribution in [3.8, 4) is 0 Å². The fourth-order valence-electron chi connectivity index (χ4n) is 3.92. The average Bonchev–Trinajstić information content (AvgIpc) is 2.66. The van der Waals surface area contributed by atoms with Crippen LogP contribution in [0.2, 0.25) is 10.0 Å². The van der Waals surface area contributed by atoms with Crippen LogP contribution in [0.5, 0.6) is 0 Å². The molecule has 1 aliphatic heterocycles. The summed E-state index contributed by atoms with van der Waals surface area (Å²) in [4.78, 5) is 14.7. The molecule has 28 heavy (non-hydrogen) atoms. The van der Waals surface area contributed by atoms with Crippen LogP contribution in [-0.2, 0) is 11.3 Å². The summed E-state index contributed by atoms with van der Waals surface area (Å²) in [6.45, 7) is 2.35. The molecule has 3 nitrogen and oxygen atoms in total. The third-order valence-electron chi connectivity index (χ3n) is 5.41. The number of nitrogens with zero attached hydrogens (tertiary/aromatic N) is 1. The average molecular weight is 423 g/mol. The number of carbonyl (C=O) groups excluding carboxylic acids is 1. The summed E-state index contributed by atoms with van der Waals surface area (Å²) in [6.07, 6.45) is 2.44.